The number of hydrogen-bond acceptors (Lipinski definition) is 2. The van der Waals surface area contributed by atoms with Crippen LogP contribution in [0.25, 0.3) is 0 Å². The molecular weight excluding hydrogens is 255 g/mol. The second-order valence-corrected chi connectivity index (χ2v) is 4.11. The van der Waals surface area contributed by atoms with E-state index in [9.17, 15) is 9.18 Å². The van der Waals surface area contributed by atoms with Gasteiger partial charge in [0.2, 0.25) is 5.91 Å². The van der Waals surface area contributed by atoms with Gasteiger partial charge < -0.3 is 5.32 Å². The van der Waals surface area contributed by atoms with Crippen LogP contribution in [0.4, 0.5) is 10.1 Å². The van der Waals surface area contributed by atoms with Crippen LogP contribution in [0.1, 0.15) is 5.56 Å². The van der Waals surface area contributed by atoms with Crippen molar-refractivity contribution >= 4 is 23.2 Å². The first-order valence-electron chi connectivity index (χ1n) is 5.29. The van der Waals surface area contributed by atoms with E-state index in [1.807, 2.05) is 0 Å². The average molecular weight is 265 g/mol. The van der Waals surface area contributed by atoms with E-state index < -0.39 is 0 Å². The molecule has 0 spiro atoms. The molecule has 1 N–H and O–H groups in total. The normalized spacial score (nSPS) is 10.1. The standard InChI is InChI=1S/C13H10ClFN2O/c14-12-8-11(5-6-16-12)17-13(18)7-9-1-3-10(15)4-2-9/h1-6,8H,7H2,(H,16,17,18). The van der Waals surface area contributed by atoms with E-state index in [-0.39, 0.29) is 18.1 Å². The number of pyridine rings is 1. The number of anilines is 1. The van der Waals surface area contributed by atoms with Crippen molar-refractivity contribution in [2.45, 2.75) is 6.42 Å². The monoisotopic (exact) mass is 264 g/mol. The Morgan fingerprint density at radius 1 is 1.28 bits per heavy atom. The van der Waals surface area contributed by atoms with Crippen molar-refractivity contribution in [2.24, 2.45) is 0 Å². The van der Waals surface area contributed by atoms with Crippen molar-refractivity contribution < 1.29 is 9.18 Å². The first kappa shape index (κ1) is 12.5. The molecule has 0 saturated carbocycles. The summed E-state index contributed by atoms with van der Waals surface area (Å²) in [7, 11) is 0. The van der Waals surface area contributed by atoms with Gasteiger partial charge in [-0.2, -0.15) is 0 Å². The molecule has 0 aliphatic carbocycles. The summed E-state index contributed by atoms with van der Waals surface area (Å²) in [4.78, 5) is 15.5. The Hall–Kier alpha value is -1.94. The highest BCUT2D eigenvalue weighted by atomic mass is 35.5. The summed E-state index contributed by atoms with van der Waals surface area (Å²) in [5, 5.41) is 3.00. The topological polar surface area (TPSA) is 42.0 Å². The Balaban J connectivity index is 1.98. The fraction of sp³-hybridized carbons (Fsp3) is 0.0769. The van der Waals surface area contributed by atoms with Crippen molar-refractivity contribution in [3.05, 3.63) is 59.1 Å². The van der Waals surface area contributed by atoms with Crippen LogP contribution in [-0.4, -0.2) is 10.9 Å². The SMILES string of the molecule is O=C(Cc1ccc(F)cc1)Nc1ccnc(Cl)c1. The number of carbonyl (C=O) groups excluding carboxylic acids is 1. The Bertz CT molecular complexity index is 557. The molecule has 1 heterocycles. The Morgan fingerprint density at radius 3 is 2.67 bits per heavy atom. The van der Waals surface area contributed by atoms with Gasteiger partial charge in [0.25, 0.3) is 0 Å². The quantitative estimate of drug-likeness (QED) is 0.866. The van der Waals surface area contributed by atoms with Gasteiger partial charge >= 0.3 is 0 Å². The number of carbonyl (C=O) groups is 1. The molecule has 1 aromatic heterocycles. The maximum atomic E-state index is 12.7. The minimum atomic E-state index is -0.319. The maximum Gasteiger partial charge on any atom is 0.228 e. The summed E-state index contributed by atoms with van der Waals surface area (Å²) < 4.78 is 12.7. The van der Waals surface area contributed by atoms with E-state index in [1.165, 1.54) is 18.3 Å². The van der Waals surface area contributed by atoms with E-state index in [0.717, 1.165) is 5.56 Å². The van der Waals surface area contributed by atoms with Gasteiger partial charge in [-0.05, 0) is 29.8 Å². The van der Waals surface area contributed by atoms with Gasteiger partial charge in [0.05, 0.1) is 6.42 Å². The van der Waals surface area contributed by atoms with Crippen LogP contribution >= 0.6 is 11.6 Å². The molecule has 1 amide bonds. The third-order valence-corrected chi connectivity index (χ3v) is 2.49. The van der Waals surface area contributed by atoms with Crippen LogP contribution in [0.5, 0.6) is 0 Å². The number of aromatic nitrogens is 1. The first-order valence-corrected chi connectivity index (χ1v) is 5.67. The van der Waals surface area contributed by atoms with Gasteiger partial charge in [-0.25, -0.2) is 9.37 Å². The van der Waals surface area contributed by atoms with Crippen LogP contribution in [0.2, 0.25) is 5.15 Å². The third kappa shape index (κ3) is 3.53. The number of rotatable bonds is 3. The maximum absolute atomic E-state index is 12.7. The molecule has 18 heavy (non-hydrogen) atoms. The molecule has 2 rings (SSSR count). The Kier molecular flexibility index (Phi) is 3.89. The molecule has 92 valence electrons. The molecule has 0 saturated heterocycles. The number of nitrogens with one attached hydrogen (secondary N) is 1. The largest absolute Gasteiger partial charge is 0.326 e. The molecule has 0 aliphatic heterocycles. The molecule has 2 aromatic rings. The third-order valence-electron chi connectivity index (χ3n) is 2.29. The fourth-order valence-corrected chi connectivity index (χ4v) is 1.65. The van der Waals surface area contributed by atoms with E-state index in [1.54, 1.807) is 24.3 Å². The highest BCUT2D eigenvalue weighted by Crippen LogP contribution is 2.12. The van der Waals surface area contributed by atoms with Crippen molar-refractivity contribution in [3.8, 4) is 0 Å². The van der Waals surface area contributed by atoms with Crippen molar-refractivity contribution in [1.29, 1.82) is 0 Å². The van der Waals surface area contributed by atoms with Crippen LogP contribution in [-0.2, 0) is 11.2 Å². The van der Waals surface area contributed by atoms with Crippen LogP contribution in [0.3, 0.4) is 0 Å². The van der Waals surface area contributed by atoms with Crippen molar-refractivity contribution in [3.63, 3.8) is 0 Å². The lowest BCUT2D eigenvalue weighted by Gasteiger charge is -2.05. The summed E-state index contributed by atoms with van der Waals surface area (Å²) >= 11 is 5.70. The average Bonchev–Trinajstić information content (AvgIpc) is 2.32. The van der Waals surface area contributed by atoms with Gasteiger partial charge in [0.15, 0.2) is 0 Å². The number of nitrogens with zero attached hydrogens (tertiary/aromatic N) is 1. The van der Waals surface area contributed by atoms with E-state index in [2.05, 4.69) is 10.3 Å². The van der Waals surface area contributed by atoms with E-state index in [4.69, 9.17) is 11.6 Å². The molecule has 3 nitrogen and oxygen atoms in total. The summed E-state index contributed by atoms with van der Waals surface area (Å²) in [6.07, 6.45) is 1.69. The predicted octanol–water partition coefficient (Wildman–Crippen LogP) is 3.06. The molecule has 0 atom stereocenters. The number of halogens is 2. The summed E-state index contributed by atoms with van der Waals surface area (Å²) in [5.41, 5.74) is 1.33. The number of benzene rings is 1. The van der Waals surface area contributed by atoms with Crippen LogP contribution in [0, 0.1) is 5.82 Å². The second-order valence-electron chi connectivity index (χ2n) is 3.72. The summed E-state index contributed by atoms with van der Waals surface area (Å²) in [6.45, 7) is 0. The van der Waals surface area contributed by atoms with Crippen molar-refractivity contribution in [1.82, 2.24) is 4.98 Å². The van der Waals surface area contributed by atoms with E-state index in [0.29, 0.717) is 10.8 Å². The molecule has 0 unspecified atom stereocenters. The lowest BCUT2D eigenvalue weighted by Crippen LogP contribution is -2.14. The molecule has 1 aromatic carbocycles. The van der Waals surface area contributed by atoms with Gasteiger partial charge in [-0.1, -0.05) is 23.7 Å². The molecule has 0 radical (unpaired) electrons. The first-order chi connectivity index (χ1) is 8.63. The van der Waals surface area contributed by atoms with Crippen LogP contribution in [0.15, 0.2) is 42.6 Å². The number of hydrogen-bond donors (Lipinski definition) is 1. The summed E-state index contributed by atoms with van der Waals surface area (Å²) in [5.74, 6) is -0.510. The van der Waals surface area contributed by atoms with Gasteiger partial charge in [0, 0.05) is 11.9 Å². The Morgan fingerprint density at radius 2 is 2.00 bits per heavy atom. The van der Waals surface area contributed by atoms with E-state index >= 15 is 0 Å². The highest BCUT2D eigenvalue weighted by Gasteiger charge is 2.04. The molecule has 5 heteroatoms. The minimum Gasteiger partial charge on any atom is -0.326 e. The molecule has 0 bridgehead atoms. The van der Waals surface area contributed by atoms with Crippen molar-refractivity contribution in [2.75, 3.05) is 5.32 Å². The zero-order valence-electron chi connectivity index (χ0n) is 9.36. The molecule has 0 aliphatic rings. The smallest absolute Gasteiger partial charge is 0.228 e. The minimum absolute atomic E-state index is 0.181. The number of amides is 1. The lowest BCUT2D eigenvalue weighted by atomic mass is 10.1. The lowest BCUT2D eigenvalue weighted by molar-refractivity contribution is -0.115. The summed E-state index contributed by atoms with van der Waals surface area (Å²) in [6, 6.07) is 9.01. The predicted molar refractivity (Wildman–Crippen MR) is 68.0 cm³/mol. The van der Waals surface area contributed by atoms with Gasteiger partial charge in [-0.3, -0.25) is 4.79 Å². The zero-order valence-corrected chi connectivity index (χ0v) is 10.1. The molecule has 0 fully saturated rings. The zero-order chi connectivity index (χ0) is 13.0. The van der Waals surface area contributed by atoms with Crippen LogP contribution < -0.4 is 5.32 Å². The fourth-order valence-electron chi connectivity index (χ4n) is 1.47. The molecular formula is C13H10ClFN2O. The Labute approximate surface area is 109 Å². The second kappa shape index (κ2) is 5.60. The van der Waals surface area contributed by atoms with Gasteiger partial charge in [-0.15, -0.1) is 0 Å². The highest BCUT2D eigenvalue weighted by molar-refractivity contribution is 6.29. The van der Waals surface area contributed by atoms with Gasteiger partial charge in [0.1, 0.15) is 11.0 Å².